The molecule has 6 heteroatoms. The second-order valence-electron chi connectivity index (χ2n) is 8.79. The van der Waals surface area contributed by atoms with Gasteiger partial charge in [0.2, 0.25) is 11.8 Å². The van der Waals surface area contributed by atoms with E-state index in [-0.39, 0.29) is 24.8 Å². The molecule has 1 atom stereocenters. The van der Waals surface area contributed by atoms with Crippen LogP contribution in [0.1, 0.15) is 49.9 Å². The van der Waals surface area contributed by atoms with Gasteiger partial charge in [-0.05, 0) is 70.4 Å². The molecule has 0 spiro atoms. The first-order chi connectivity index (χ1) is 13.9. The highest BCUT2D eigenvalue weighted by Gasteiger charge is 2.28. The van der Waals surface area contributed by atoms with Crippen molar-refractivity contribution in [1.82, 2.24) is 10.2 Å². The van der Waals surface area contributed by atoms with Crippen molar-refractivity contribution in [1.29, 1.82) is 0 Å². The van der Waals surface area contributed by atoms with Gasteiger partial charge in [-0.25, -0.2) is 0 Å². The number of carbonyl (C=O) groups excluding carboxylic acids is 2. The quantitative estimate of drug-likeness (QED) is 0.635. The first kappa shape index (κ1) is 24.2. The SMILES string of the molecule is Cc1ccc(C)c(CC(=O)N(Cc2ccc(Cl)c(Cl)c2)[C@H](C)C(=O)NC(C)(C)C)c1. The van der Waals surface area contributed by atoms with Gasteiger partial charge in [0.25, 0.3) is 0 Å². The number of halogens is 2. The van der Waals surface area contributed by atoms with Crippen LogP contribution >= 0.6 is 23.2 Å². The molecule has 0 saturated heterocycles. The molecule has 0 saturated carbocycles. The van der Waals surface area contributed by atoms with E-state index in [0.29, 0.717) is 10.0 Å². The average Bonchev–Trinajstić information content (AvgIpc) is 2.63. The van der Waals surface area contributed by atoms with Crippen LogP contribution in [0, 0.1) is 13.8 Å². The Labute approximate surface area is 189 Å². The average molecular weight is 449 g/mol. The number of hydrogen-bond acceptors (Lipinski definition) is 2. The van der Waals surface area contributed by atoms with Gasteiger partial charge in [-0.1, -0.05) is 53.0 Å². The number of carbonyl (C=O) groups is 2. The largest absolute Gasteiger partial charge is 0.350 e. The molecule has 0 bridgehead atoms. The van der Waals surface area contributed by atoms with E-state index in [9.17, 15) is 9.59 Å². The Kier molecular flexibility index (Phi) is 7.95. The van der Waals surface area contributed by atoms with Crippen LogP contribution < -0.4 is 5.32 Å². The third kappa shape index (κ3) is 6.75. The molecule has 2 rings (SSSR count). The molecule has 0 aliphatic rings. The highest BCUT2D eigenvalue weighted by atomic mass is 35.5. The predicted octanol–water partition coefficient (Wildman–Crippen LogP) is 5.48. The van der Waals surface area contributed by atoms with E-state index in [1.807, 2.05) is 58.9 Å². The normalized spacial score (nSPS) is 12.4. The number of aryl methyl sites for hydroxylation is 2. The molecule has 2 aromatic rings. The number of hydrogen-bond donors (Lipinski definition) is 1. The Morgan fingerprint density at radius 2 is 1.70 bits per heavy atom. The monoisotopic (exact) mass is 448 g/mol. The topological polar surface area (TPSA) is 49.4 Å². The molecule has 0 fully saturated rings. The molecule has 30 heavy (non-hydrogen) atoms. The van der Waals surface area contributed by atoms with Gasteiger partial charge in [-0.3, -0.25) is 9.59 Å². The summed E-state index contributed by atoms with van der Waals surface area (Å²) in [5.74, 6) is -0.316. The van der Waals surface area contributed by atoms with Crippen LogP contribution in [0.25, 0.3) is 0 Å². The molecule has 4 nitrogen and oxygen atoms in total. The fourth-order valence-electron chi connectivity index (χ4n) is 3.15. The van der Waals surface area contributed by atoms with Crippen molar-refractivity contribution in [3.8, 4) is 0 Å². The van der Waals surface area contributed by atoms with Crippen LogP contribution in [0.2, 0.25) is 10.0 Å². The molecule has 162 valence electrons. The molecule has 0 aliphatic heterocycles. The molecular weight excluding hydrogens is 419 g/mol. The molecule has 2 amide bonds. The van der Waals surface area contributed by atoms with E-state index in [1.54, 1.807) is 24.0 Å². The van der Waals surface area contributed by atoms with Gasteiger partial charge in [-0.15, -0.1) is 0 Å². The van der Waals surface area contributed by atoms with Gasteiger partial charge in [0.15, 0.2) is 0 Å². The van der Waals surface area contributed by atoms with Crippen LogP contribution in [-0.2, 0) is 22.6 Å². The van der Waals surface area contributed by atoms with Gasteiger partial charge in [0.05, 0.1) is 16.5 Å². The smallest absolute Gasteiger partial charge is 0.242 e. The van der Waals surface area contributed by atoms with E-state index in [0.717, 1.165) is 22.3 Å². The third-order valence-electron chi connectivity index (χ3n) is 4.85. The zero-order chi connectivity index (χ0) is 22.6. The van der Waals surface area contributed by atoms with Crippen molar-refractivity contribution < 1.29 is 9.59 Å². The van der Waals surface area contributed by atoms with Crippen molar-refractivity contribution in [3.63, 3.8) is 0 Å². The molecular formula is C24H30Cl2N2O2. The molecule has 1 N–H and O–H groups in total. The summed E-state index contributed by atoms with van der Waals surface area (Å²) in [5, 5.41) is 3.84. The summed E-state index contributed by atoms with van der Waals surface area (Å²) in [7, 11) is 0. The Bertz CT molecular complexity index is 935. The Hall–Kier alpha value is -2.04. The second-order valence-corrected chi connectivity index (χ2v) is 9.61. The minimum Gasteiger partial charge on any atom is -0.350 e. The van der Waals surface area contributed by atoms with Crippen molar-refractivity contribution >= 4 is 35.0 Å². The van der Waals surface area contributed by atoms with Gasteiger partial charge < -0.3 is 10.2 Å². The van der Waals surface area contributed by atoms with Gasteiger partial charge >= 0.3 is 0 Å². The van der Waals surface area contributed by atoms with E-state index >= 15 is 0 Å². The molecule has 0 aliphatic carbocycles. The minimum atomic E-state index is -0.642. The minimum absolute atomic E-state index is 0.119. The Morgan fingerprint density at radius 1 is 1.03 bits per heavy atom. The lowest BCUT2D eigenvalue weighted by molar-refractivity contribution is -0.140. The lowest BCUT2D eigenvalue weighted by Gasteiger charge is -2.31. The lowest BCUT2D eigenvalue weighted by Crippen LogP contribution is -2.52. The van der Waals surface area contributed by atoms with Crippen molar-refractivity contribution in [3.05, 3.63) is 68.7 Å². The molecule has 2 aromatic carbocycles. The van der Waals surface area contributed by atoms with E-state index in [2.05, 4.69) is 5.32 Å². The highest BCUT2D eigenvalue weighted by Crippen LogP contribution is 2.24. The van der Waals surface area contributed by atoms with Crippen molar-refractivity contribution in [2.75, 3.05) is 0 Å². The van der Waals surface area contributed by atoms with Crippen LogP contribution in [-0.4, -0.2) is 28.3 Å². The Balaban J connectivity index is 2.33. The Morgan fingerprint density at radius 3 is 2.30 bits per heavy atom. The summed E-state index contributed by atoms with van der Waals surface area (Å²) < 4.78 is 0. The van der Waals surface area contributed by atoms with Crippen LogP contribution in [0.3, 0.4) is 0 Å². The zero-order valence-electron chi connectivity index (χ0n) is 18.5. The highest BCUT2D eigenvalue weighted by molar-refractivity contribution is 6.42. The van der Waals surface area contributed by atoms with Crippen LogP contribution in [0.5, 0.6) is 0 Å². The number of amides is 2. The summed E-state index contributed by atoms with van der Waals surface area (Å²) >= 11 is 12.2. The summed E-state index contributed by atoms with van der Waals surface area (Å²) in [6.07, 6.45) is 0.224. The zero-order valence-corrected chi connectivity index (χ0v) is 20.0. The summed E-state index contributed by atoms with van der Waals surface area (Å²) in [5.41, 5.74) is 3.53. The van der Waals surface area contributed by atoms with Gasteiger partial charge in [0, 0.05) is 12.1 Å². The predicted molar refractivity (Wildman–Crippen MR) is 124 cm³/mol. The maximum absolute atomic E-state index is 13.3. The number of benzene rings is 2. The first-order valence-corrected chi connectivity index (χ1v) is 10.7. The fraction of sp³-hybridized carbons (Fsp3) is 0.417. The molecule has 0 heterocycles. The summed E-state index contributed by atoms with van der Waals surface area (Å²) in [6.45, 7) is 11.7. The first-order valence-electron chi connectivity index (χ1n) is 9.99. The standard InChI is InChI=1S/C24H30Cl2N2O2/c1-15-7-8-16(2)19(11-15)13-22(29)28(17(3)23(30)27-24(4,5)6)14-18-9-10-20(25)21(26)12-18/h7-12,17H,13-14H2,1-6H3,(H,27,30)/t17-/m1/s1. The van der Waals surface area contributed by atoms with Crippen molar-refractivity contribution in [2.24, 2.45) is 0 Å². The number of rotatable bonds is 6. The third-order valence-corrected chi connectivity index (χ3v) is 5.59. The van der Waals surface area contributed by atoms with Crippen LogP contribution in [0.4, 0.5) is 0 Å². The number of nitrogens with one attached hydrogen (secondary N) is 1. The lowest BCUT2D eigenvalue weighted by atomic mass is 10.0. The van der Waals surface area contributed by atoms with Gasteiger partial charge in [-0.2, -0.15) is 0 Å². The summed E-state index contributed by atoms with van der Waals surface area (Å²) in [6, 6.07) is 10.7. The second kappa shape index (κ2) is 9.84. The maximum Gasteiger partial charge on any atom is 0.242 e. The molecule has 0 radical (unpaired) electrons. The number of nitrogens with zero attached hydrogens (tertiary/aromatic N) is 1. The molecule has 0 unspecified atom stereocenters. The molecule has 0 aromatic heterocycles. The van der Waals surface area contributed by atoms with Gasteiger partial charge in [0.1, 0.15) is 6.04 Å². The van der Waals surface area contributed by atoms with Crippen molar-refractivity contribution in [2.45, 2.75) is 66.1 Å². The fourth-order valence-corrected chi connectivity index (χ4v) is 3.47. The maximum atomic E-state index is 13.3. The summed E-state index contributed by atoms with van der Waals surface area (Å²) in [4.78, 5) is 27.8. The van der Waals surface area contributed by atoms with E-state index in [1.165, 1.54) is 0 Å². The van der Waals surface area contributed by atoms with Crippen LogP contribution in [0.15, 0.2) is 36.4 Å². The van der Waals surface area contributed by atoms with E-state index < -0.39 is 11.6 Å². The van der Waals surface area contributed by atoms with E-state index in [4.69, 9.17) is 23.2 Å².